The van der Waals surface area contributed by atoms with Gasteiger partial charge in [0.1, 0.15) is 6.10 Å². The SMILES string of the molecule is COc1cc(C#N)cc(Cl)c1O[C@H]1CCCC[C@@H]1O. The van der Waals surface area contributed by atoms with Crippen molar-refractivity contribution >= 4 is 11.6 Å². The predicted molar refractivity (Wildman–Crippen MR) is 71.6 cm³/mol. The molecule has 0 spiro atoms. The zero-order valence-electron chi connectivity index (χ0n) is 10.7. The van der Waals surface area contributed by atoms with Gasteiger partial charge in [0, 0.05) is 6.07 Å². The number of nitrogens with zero attached hydrogens (tertiary/aromatic N) is 1. The minimum Gasteiger partial charge on any atom is -0.493 e. The van der Waals surface area contributed by atoms with E-state index in [9.17, 15) is 5.11 Å². The normalized spacial score (nSPS) is 22.6. The molecule has 1 fully saturated rings. The fourth-order valence-corrected chi connectivity index (χ4v) is 2.52. The lowest BCUT2D eigenvalue weighted by atomic mass is 9.95. The van der Waals surface area contributed by atoms with E-state index in [4.69, 9.17) is 26.3 Å². The highest BCUT2D eigenvalue weighted by molar-refractivity contribution is 6.32. The zero-order chi connectivity index (χ0) is 13.8. The van der Waals surface area contributed by atoms with E-state index in [1.807, 2.05) is 6.07 Å². The number of benzene rings is 1. The number of hydrogen-bond acceptors (Lipinski definition) is 4. The average molecular weight is 282 g/mol. The smallest absolute Gasteiger partial charge is 0.180 e. The van der Waals surface area contributed by atoms with Gasteiger partial charge in [-0.1, -0.05) is 18.0 Å². The fraction of sp³-hybridized carbons (Fsp3) is 0.500. The van der Waals surface area contributed by atoms with Crippen LogP contribution in [0.5, 0.6) is 11.5 Å². The largest absolute Gasteiger partial charge is 0.493 e. The molecular formula is C14H16ClNO3. The molecule has 1 saturated carbocycles. The van der Waals surface area contributed by atoms with Crippen LogP contribution in [0.15, 0.2) is 12.1 Å². The van der Waals surface area contributed by atoms with Crippen molar-refractivity contribution in [1.29, 1.82) is 5.26 Å². The molecule has 0 saturated heterocycles. The average Bonchev–Trinajstić information content (AvgIpc) is 2.42. The number of rotatable bonds is 3. The standard InChI is InChI=1S/C14H16ClNO3/c1-18-13-7-9(8-16)6-10(15)14(13)19-12-5-3-2-4-11(12)17/h6-7,11-12,17H,2-5H2,1H3/t11-,12-/m0/s1. The number of halogens is 1. The van der Waals surface area contributed by atoms with Crippen LogP contribution in [-0.4, -0.2) is 24.4 Å². The van der Waals surface area contributed by atoms with Crippen LogP contribution >= 0.6 is 11.6 Å². The van der Waals surface area contributed by atoms with Gasteiger partial charge < -0.3 is 14.6 Å². The summed E-state index contributed by atoms with van der Waals surface area (Å²) in [7, 11) is 1.50. The molecule has 0 amide bonds. The molecule has 0 aromatic heterocycles. The quantitative estimate of drug-likeness (QED) is 0.925. The molecule has 1 aliphatic carbocycles. The Morgan fingerprint density at radius 3 is 2.74 bits per heavy atom. The Bertz CT molecular complexity index is 498. The minimum absolute atomic E-state index is 0.270. The van der Waals surface area contributed by atoms with E-state index in [0.29, 0.717) is 22.1 Å². The molecule has 0 aliphatic heterocycles. The second kappa shape index (κ2) is 6.14. The van der Waals surface area contributed by atoms with Crippen LogP contribution in [0.2, 0.25) is 5.02 Å². The maximum Gasteiger partial charge on any atom is 0.180 e. The summed E-state index contributed by atoms with van der Waals surface area (Å²) < 4.78 is 11.0. The lowest BCUT2D eigenvalue weighted by Gasteiger charge is -2.29. The lowest BCUT2D eigenvalue weighted by molar-refractivity contribution is 0.00573. The molecule has 2 atom stereocenters. The van der Waals surface area contributed by atoms with E-state index in [1.165, 1.54) is 13.2 Å². The summed E-state index contributed by atoms with van der Waals surface area (Å²) in [4.78, 5) is 0. The van der Waals surface area contributed by atoms with Crippen LogP contribution in [-0.2, 0) is 0 Å². The fourth-order valence-electron chi connectivity index (χ4n) is 2.26. The van der Waals surface area contributed by atoms with Gasteiger partial charge >= 0.3 is 0 Å². The van der Waals surface area contributed by atoms with Crippen molar-refractivity contribution in [3.8, 4) is 17.6 Å². The van der Waals surface area contributed by atoms with Gasteiger partial charge in [0.05, 0.1) is 29.9 Å². The maximum absolute atomic E-state index is 9.92. The zero-order valence-corrected chi connectivity index (χ0v) is 11.5. The van der Waals surface area contributed by atoms with Gasteiger partial charge in [-0.3, -0.25) is 0 Å². The topological polar surface area (TPSA) is 62.5 Å². The second-order valence-corrected chi connectivity index (χ2v) is 5.02. The van der Waals surface area contributed by atoms with Gasteiger partial charge in [0.15, 0.2) is 11.5 Å². The van der Waals surface area contributed by atoms with Crippen LogP contribution in [0.4, 0.5) is 0 Å². The first-order valence-corrected chi connectivity index (χ1v) is 6.66. The number of ether oxygens (including phenoxy) is 2. The highest BCUT2D eigenvalue weighted by Crippen LogP contribution is 2.38. The number of aliphatic hydroxyl groups excluding tert-OH is 1. The van der Waals surface area contributed by atoms with Crippen LogP contribution in [0.25, 0.3) is 0 Å². The van der Waals surface area contributed by atoms with Gasteiger partial charge in [-0.05, 0) is 25.3 Å². The van der Waals surface area contributed by atoms with Gasteiger partial charge in [0.2, 0.25) is 0 Å². The minimum atomic E-state index is -0.481. The van der Waals surface area contributed by atoms with E-state index in [2.05, 4.69) is 0 Å². The molecule has 19 heavy (non-hydrogen) atoms. The summed E-state index contributed by atoms with van der Waals surface area (Å²) in [6.45, 7) is 0. The Kier molecular flexibility index (Phi) is 4.52. The third-order valence-corrected chi connectivity index (χ3v) is 3.58. The summed E-state index contributed by atoms with van der Waals surface area (Å²) in [6.07, 6.45) is 2.82. The summed E-state index contributed by atoms with van der Waals surface area (Å²) >= 11 is 6.12. The third-order valence-electron chi connectivity index (χ3n) is 3.30. The first-order chi connectivity index (χ1) is 9.15. The second-order valence-electron chi connectivity index (χ2n) is 4.61. The molecule has 1 aromatic carbocycles. The van der Waals surface area contributed by atoms with E-state index in [1.54, 1.807) is 6.07 Å². The van der Waals surface area contributed by atoms with Gasteiger partial charge in [0.25, 0.3) is 0 Å². The van der Waals surface area contributed by atoms with Crippen molar-refractivity contribution in [3.05, 3.63) is 22.7 Å². The van der Waals surface area contributed by atoms with Crippen LogP contribution < -0.4 is 9.47 Å². The number of methoxy groups -OCH3 is 1. The Labute approximate surface area is 117 Å². The molecular weight excluding hydrogens is 266 g/mol. The number of hydrogen-bond donors (Lipinski definition) is 1. The monoisotopic (exact) mass is 281 g/mol. The van der Waals surface area contributed by atoms with E-state index in [0.717, 1.165) is 25.7 Å². The van der Waals surface area contributed by atoms with Crippen LogP contribution in [0, 0.1) is 11.3 Å². The van der Waals surface area contributed by atoms with E-state index >= 15 is 0 Å². The van der Waals surface area contributed by atoms with Crippen molar-refractivity contribution in [2.24, 2.45) is 0 Å². The van der Waals surface area contributed by atoms with Crippen molar-refractivity contribution in [2.75, 3.05) is 7.11 Å². The molecule has 0 bridgehead atoms. The van der Waals surface area contributed by atoms with Crippen LogP contribution in [0.3, 0.4) is 0 Å². The molecule has 2 rings (SSSR count). The molecule has 5 heteroatoms. The third kappa shape index (κ3) is 3.12. The molecule has 0 unspecified atom stereocenters. The molecule has 0 heterocycles. The number of nitriles is 1. The first kappa shape index (κ1) is 14.0. The highest BCUT2D eigenvalue weighted by Gasteiger charge is 2.26. The first-order valence-electron chi connectivity index (χ1n) is 6.28. The molecule has 1 N–H and O–H groups in total. The predicted octanol–water partition coefficient (Wildman–Crippen LogP) is 2.90. The Balaban J connectivity index is 2.26. The van der Waals surface area contributed by atoms with Gasteiger partial charge in [-0.25, -0.2) is 0 Å². The van der Waals surface area contributed by atoms with Crippen molar-refractivity contribution < 1.29 is 14.6 Å². The summed E-state index contributed by atoms with van der Waals surface area (Å²) in [6, 6.07) is 5.13. The highest BCUT2D eigenvalue weighted by atomic mass is 35.5. The maximum atomic E-state index is 9.92. The summed E-state index contributed by atoms with van der Waals surface area (Å²) in [5.41, 5.74) is 0.415. The van der Waals surface area contributed by atoms with Crippen molar-refractivity contribution in [2.45, 2.75) is 37.9 Å². The summed E-state index contributed by atoms with van der Waals surface area (Å²) in [5, 5.41) is 19.1. The Hall–Kier alpha value is -1.44. The van der Waals surface area contributed by atoms with E-state index < -0.39 is 6.10 Å². The van der Waals surface area contributed by atoms with E-state index in [-0.39, 0.29) is 6.10 Å². The van der Waals surface area contributed by atoms with Gasteiger partial charge in [-0.15, -0.1) is 0 Å². The molecule has 0 radical (unpaired) electrons. The molecule has 102 valence electrons. The molecule has 4 nitrogen and oxygen atoms in total. The molecule has 1 aromatic rings. The van der Waals surface area contributed by atoms with Gasteiger partial charge in [-0.2, -0.15) is 5.26 Å². The number of aliphatic hydroxyl groups is 1. The van der Waals surface area contributed by atoms with Crippen LogP contribution in [0.1, 0.15) is 31.2 Å². The van der Waals surface area contributed by atoms with Crippen molar-refractivity contribution in [1.82, 2.24) is 0 Å². The Morgan fingerprint density at radius 2 is 2.11 bits per heavy atom. The summed E-state index contributed by atoms with van der Waals surface area (Å²) in [5.74, 6) is 0.816. The Morgan fingerprint density at radius 1 is 1.37 bits per heavy atom. The molecule has 1 aliphatic rings. The van der Waals surface area contributed by atoms with Crippen molar-refractivity contribution in [3.63, 3.8) is 0 Å². The lowest BCUT2D eigenvalue weighted by Crippen LogP contribution is -2.34.